The Hall–Kier alpha value is -0.730. The minimum absolute atomic E-state index is 0.105. The fourth-order valence-electron chi connectivity index (χ4n) is 2.21. The molecule has 1 saturated heterocycles. The molecule has 20 heavy (non-hydrogen) atoms. The van der Waals surface area contributed by atoms with Crippen LogP contribution in [-0.2, 0) is 20.2 Å². The van der Waals surface area contributed by atoms with Gasteiger partial charge in [-0.25, -0.2) is 22.6 Å². The van der Waals surface area contributed by atoms with Crippen molar-refractivity contribution < 1.29 is 16.8 Å². The highest BCUT2D eigenvalue weighted by molar-refractivity contribution is 7.90. The summed E-state index contributed by atoms with van der Waals surface area (Å²) in [5, 5.41) is 12.7. The predicted molar refractivity (Wildman–Crippen MR) is 74.0 cm³/mol. The summed E-state index contributed by atoms with van der Waals surface area (Å²) in [6.45, 7) is 2.33. The summed E-state index contributed by atoms with van der Waals surface area (Å²) in [5.74, 6) is -0.131. The van der Waals surface area contributed by atoms with Gasteiger partial charge in [-0.1, -0.05) is 6.92 Å². The third-order valence-corrected chi connectivity index (χ3v) is 6.07. The van der Waals surface area contributed by atoms with E-state index >= 15 is 0 Å². The number of sulfonamides is 1. The third kappa shape index (κ3) is 4.68. The first-order chi connectivity index (χ1) is 9.20. The maximum Gasteiger partial charge on any atom is 0.274 e. The van der Waals surface area contributed by atoms with E-state index in [0.717, 1.165) is 6.42 Å². The van der Waals surface area contributed by atoms with Crippen molar-refractivity contribution in [1.29, 1.82) is 5.26 Å². The van der Waals surface area contributed by atoms with Crippen molar-refractivity contribution in [3.63, 3.8) is 0 Å². The number of hydrogen-bond donors (Lipinski definition) is 2. The van der Waals surface area contributed by atoms with Gasteiger partial charge in [-0.2, -0.15) is 13.7 Å². The first-order valence-corrected chi connectivity index (χ1v) is 9.41. The van der Waals surface area contributed by atoms with E-state index in [-0.39, 0.29) is 25.4 Å². The molecule has 116 valence electrons. The summed E-state index contributed by atoms with van der Waals surface area (Å²) in [5.41, 5.74) is 0. The summed E-state index contributed by atoms with van der Waals surface area (Å²) in [7, 11) is -7.42. The molecule has 1 aliphatic heterocycles. The van der Waals surface area contributed by atoms with Crippen molar-refractivity contribution in [2.75, 3.05) is 19.6 Å². The number of piperidine rings is 1. The topological polar surface area (TPSA) is 133 Å². The molecule has 0 spiro atoms. The van der Waals surface area contributed by atoms with Crippen molar-refractivity contribution in [1.82, 2.24) is 9.03 Å². The SMILES string of the molecule is CCC(C#N)S(=O)(=O)N1CCCC(CNS(N)(=O)=O)C1. The molecule has 0 bridgehead atoms. The molecular formula is C10H20N4O4S2. The van der Waals surface area contributed by atoms with Crippen LogP contribution in [0.2, 0.25) is 0 Å². The zero-order chi connectivity index (χ0) is 15.4. The second-order valence-corrected chi connectivity index (χ2v) is 8.32. The van der Waals surface area contributed by atoms with Crippen LogP contribution in [0, 0.1) is 17.2 Å². The Labute approximate surface area is 120 Å². The predicted octanol–water partition coefficient (Wildman–Crippen LogP) is -0.877. The minimum Gasteiger partial charge on any atom is -0.216 e. The van der Waals surface area contributed by atoms with Crippen molar-refractivity contribution in [2.45, 2.75) is 31.4 Å². The van der Waals surface area contributed by atoms with Crippen LogP contribution in [0.15, 0.2) is 0 Å². The van der Waals surface area contributed by atoms with Crippen LogP contribution < -0.4 is 9.86 Å². The molecule has 1 heterocycles. The highest BCUT2D eigenvalue weighted by Crippen LogP contribution is 2.22. The molecule has 1 aliphatic rings. The van der Waals surface area contributed by atoms with Crippen molar-refractivity contribution >= 4 is 20.2 Å². The second kappa shape index (κ2) is 6.82. The highest BCUT2D eigenvalue weighted by atomic mass is 32.2. The van der Waals surface area contributed by atoms with Crippen LogP contribution in [0.5, 0.6) is 0 Å². The van der Waals surface area contributed by atoms with Gasteiger partial charge in [0.25, 0.3) is 10.2 Å². The maximum absolute atomic E-state index is 12.2. The molecular weight excluding hydrogens is 304 g/mol. The van der Waals surface area contributed by atoms with E-state index in [9.17, 15) is 16.8 Å². The van der Waals surface area contributed by atoms with Gasteiger partial charge in [0.05, 0.1) is 6.07 Å². The number of nitrogens with two attached hydrogens (primary N) is 1. The van der Waals surface area contributed by atoms with Crippen molar-refractivity contribution in [3.05, 3.63) is 0 Å². The van der Waals surface area contributed by atoms with E-state index < -0.39 is 25.5 Å². The quantitative estimate of drug-likeness (QED) is 0.654. The van der Waals surface area contributed by atoms with E-state index in [1.165, 1.54) is 4.31 Å². The first-order valence-electron chi connectivity index (χ1n) is 6.36. The average molecular weight is 324 g/mol. The third-order valence-electron chi connectivity index (χ3n) is 3.29. The van der Waals surface area contributed by atoms with E-state index in [1.54, 1.807) is 13.0 Å². The minimum atomic E-state index is -3.77. The largest absolute Gasteiger partial charge is 0.274 e. The molecule has 3 N–H and O–H groups in total. The summed E-state index contributed by atoms with van der Waals surface area (Å²) in [6, 6.07) is 1.80. The van der Waals surface area contributed by atoms with Crippen LogP contribution in [0.4, 0.5) is 0 Å². The Bertz CT molecular complexity index is 567. The molecule has 0 aromatic heterocycles. The summed E-state index contributed by atoms with van der Waals surface area (Å²) in [6.07, 6.45) is 1.59. The summed E-state index contributed by atoms with van der Waals surface area (Å²) < 4.78 is 49.6. The van der Waals surface area contributed by atoms with Crippen LogP contribution in [0.3, 0.4) is 0 Å². The fraction of sp³-hybridized carbons (Fsp3) is 0.900. The lowest BCUT2D eigenvalue weighted by molar-refractivity contribution is 0.266. The van der Waals surface area contributed by atoms with Gasteiger partial charge in [0, 0.05) is 19.6 Å². The highest BCUT2D eigenvalue weighted by Gasteiger charge is 2.34. The zero-order valence-electron chi connectivity index (χ0n) is 11.3. The molecule has 0 aliphatic carbocycles. The standard InChI is InChI=1S/C10H20N4O4S2/c1-2-10(6-11)19(15,16)14-5-3-4-9(8-14)7-13-20(12,17)18/h9-10,13H,2-5,7-8H2,1H3,(H2,12,17,18). The van der Waals surface area contributed by atoms with E-state index in [0.29, 0.717) is 13.0 Å². The number of nitriles is 1. The average Bonchev–Trinajstić information content (AvgIpc) is 2.37. The normalized spacial score (nSPS) is 23.1. The van der Waals surface area contributed by atoms with E-state index in [4.69, 9.17) is 10.4 Å². The van der Waals surface area contributed by atoms with Crippen LogP contribution in [0.25, 0.3) is 0 Å². The molecule has 10 heteroatoms. The zero-order valence-corrected chi connectivity index (χ0v) is 13.0. The maximum atomic E-state index is 12.2. The van der Waals surface area contributed by atoms with Gasteiger partial charge in [0.15, 0.2) is 5.25 Å². The Morgan fingerprint density at radius 2 is 2.10 bits per heavy atom. The van der Waals surface area contributed by atoms with Crippen molar-refractivity contribution in [3.8, 4) is 6.07 Å². The monoisotopic (exact) mass is 324 g/mol. The lowest BCUT2D eigenvalue weighted by atomic mass is 10.0. The summed E-state index contributed by atoms with van der Waals surface area (Å²) in [4.78, 5) is 0. The summed E-state index contributed by atoms with van der Waals surface area (Å²) >= 11 is 0. The number of nitrogens with one attached hydrogen (secondary N) is 1. The Kier molecular flexibility index (Phi) is 5.91. The molecule has 8 nitrogen and oxygen atoms in total. The Balaban J connectivity index is 2.72. The van der Waals surface area contributed by atoms with Gasteiger partial charge in [0.1, 0.15) is 0 Å². The van der Waals surface area contributed by atoms with Crippen molar-refractivity contribution in [2.24, 2.45) is 11.1 Å². The second-order valence-electron chi connectivity index (χ2n) is 4.83. The van der Waals surface area contributed by atoms with E-state index in [1.807, 2.05) is 0 Å². The molecule has 0 radical (unpaired) electrons. The van der Waals surface area contributed by atoms with E-state index in [2.05, 4.69) is 4.72 Å². The van der Waals surface area contributed by atoms with Gasteiger partial charge in [-0.05, 0) is 25.2 Å². The molecule has 2 unspecified atom stereocenters. The molecule has 0 amide bonds. The van der Waals surface area contributed by atoms with Crippen LogP contribution >= 0.6 is 0 Å². The molecule has 0 aromatic rings. The number of nitrogens with zero attached hydrogens (tertiary/aromatic N) is 2. The van der Waals surface area contributed by atoms with Gasteiger partial charge in [-0.15, -0.1) is 0 Å². The fourth-order valence-corrected chi connectivity index (χ4v) is 4.39. The Morgan fingerprint density at radius 1 is 1.45 bits per heavy atom. The Morgan fingerprint density at radius 3 is 2.60 bits per heavy atom. The molecule has 1 fully saturated rings. The molecule has 0 saturated carbocycles. The molecule has 1 rings (SSSR count). The smallest absolute Gasteiger partial charge is 0.216 e. The van der Waals surface area contributed by atoms with Gasteiger partial charge in [0.2, 0.25) is 10.0 Å². The van der Waals surface area contributed by atoms with Gasteiger partial charge >= 0.3 is 0 Å². The molecule has 0 aromatic carbocycles. The van der Waals surface area contributed by atoms with Crippen LogP contribution in [0.1, 0.15) is 26.2 Å². The van der Waals surface area contributed by atoms with Gasteiger partial charge < -0.3 is 0 Å². The first kappa shape index (κ1) is 17.3. The van der Waals surface area contributed by atoms with Gasteiger partial charge in [-0.3, -0.25) is 0 Å². The van der Waals surface area contributed by atoms with Crippen LogP contribution in [-0.4, -0.2) is 46.0 Å². The number of hydrogen-bond acceptors (Lipinski definition) is 5. The number of rotatable bonds is 6. The lowest BCUT2D eigenvalue weighted by Crippen LogP contribution is -2.47. The lowest BCUT2D eigenvalue weighted by Gasteiger charge is -2.32. The molecule has 2 atom stereocenters.